The molecule has 1 aliphatic rings. The molecule has 0 bridgehead atoms. The highest BCUT2D eigenvalue weighted by atomic mass is 32.1. The number of rotatable bonds is 4. The maximum atomic E-state index is 12.7. The Morgan fingerprint density at radius 3 is 2.76 bits per heavy atom. The van der Waals surface area contributed by atoms with Crippen LogP contribution in [0.15, 0.2) is 29.6 Å². The van der Waals surface area contributed by atoms with Gasteiger partial charge in [0.05, 0.1) is 12.6 Å². The third-order valence-corrected chi connectivity index (χ3v) is 5.97. The first-order chi connectivity index (χ1) is 12.0. The number of benzene rings is 1. The van der Waals surface area contributed by atoms with Gasteiger partial charge in [0.1, 0.15) is 0 Å². The van der Waals surface area contributed by atoms with Crippen LogP contribution < -0.4 is 5.32 Å². The Hall–Kier alpha value is -2.14. The van der Waals surface area contributed by atoms with Crippen LogP contribution in [0.3, 0.4) is 0 Å². The summed E-state index contributed by atoms with van der Waals surface area (Å²) in [5.41, 5.74) is 4.10. The van der Waals surface area contributed by atoms with Crippen LogP contribution in [0.25, 0.3) is 0 Å². The van der Waals surface area contributed by atoms with E-state index in [2.05, 4.69) is 23.7 Å². The number of carbonyl (C=O) groups excluding carboxylic acids is 2. The summed E-state index contributed by atoms with van der Waals surface area (Å²) in [5.74, 6) is -0.210. The van der Waals surface area contributed by atoms with Gasteiger partial charge in [-0.3, -0.25) is 9.59 Å². The SMILES string of the molecule is CC[C@@H]1c2ccsc2CCN1C(=O)CNC(=O)c1ccc(C)c(C)c1. The number of hydrogen-bond donors (Lipinski definition) is 1. The predicted molar refractivity (Wildman–Crippen MR) is 101 cm³/mol. The molecule has 2 aromatic rings. The van der Waals surface area contributed by atoms with Crippen LogP contribution in [-0.2, 0) is 11.2 Å². The van der Waals surface area contributed by atoms with Crippen LogP contribution in [0.4, 0.5) is 0 Å². The largest absolute Gasteiger partial charge is 0.343 e. The summed E-state index contributed by atoms with van der Waals surface area (Å²) in [5, 5.41) is 4.88. The van der Waals surface area contributed by atoms with E-state index in [0.717, 1.165) is 30.5 Å². The van der Waals surface area contributed by atoms with Gasteiger partial charge in [-0.25, -0.2) is 0 Å². The zero-order valence-electron chi connectivity index (χ0n) is 15.0. The summed E-state index contributed by atoms with van der Waals surface area (Å²) >= 11 is 1.77. The molecule has 1 N–H and O–H groups in total. The smallest absolute Gasteiger partial charge is 0.251 e. The summed E-state index contributed by atoms with van der Waals surface area (Å²) in [7, 11) is 0. The quantitative estimate of drug-likeness (QED) is 0.909. The van der Waals surface area contributed by atoms with E-state index in [1.54, 1.807) is 17.4 Å². The minimum absolute atomic E-state index is 0.0131. The summed E-state index contributed by atoms with van der Waals surface area (Å²) in [6, 6.07) is 7.85. The van der Waals surface area contributed by atoms with Gasteiger partial charge in [-0.05, 0) is 67.0 Å². The van der Waals surface area contributed by atoms with Gasteiger partial charge in [-0.15, -0.1) is 11.3 Å². The highest BCUT2D eigenvalue weighted by molar-refractivity contribution is 7.10. The molecule has 2 amide bonds. The number of amides is 2. The average Bonchev–Trinajstić information content (AvgIpc) is 3.09. The maximum Gasteiger partial charge on any atom is 0.251 e. The van der Waals surface area contributed by atoms with Crippen molar-refractivity contribution < 1.29 is 9.59 Å². The van der Waals surface area contributed by atoms with Crippen molar-refractivity contribution in [3.8, 4) is 0 Å². The summed E-state index contributed by atoms with van der Waals surface area (Å²) in [6.07, 6.45) is 1.79. The van der Waals surface area contributed by atoms with Crippen molar-refractivity contribution in [1.29, 1.82) is 0 Å². The van der Waals surface area contributed by atoms with Crippen molar-refractivity contribution in [2.24, 2.45) is 0 Å². The lowest BCUT2D eigenvalue weighted by atomic mass is 9.98. The molecule has 25 heavy (non-hydrogen) atoms. The van der Waals surface area contributed by atoms with Gasteiger partial charge >= 0.3 is 0 Å². The highest BCUT2D eigenvalue weighted by Gasteiger charge is 2.30. The molecule has 1 atom stereocenters. The summed E-state index contributed by atoms with van der Waals surface area (Å²) in [6.45, 7) is 6.87. The fraction of sp³-hybridized carbons (Fsp3) is 0.400. The third-order valence-electron chi connectivity index (χ3n) is 4.97. The molecule has 0 unspecified atom stereocenters. The van der Waals surface area contributed by atoms with E-state index in [1.807, 2.05) is 30.9 Å². The lowest BCUT2D eigenvalue weighted by Crippen LogP contribution is -2.44. The highest BCUT2D eigenvalue weighted by Crippen LogP contribution is 2.35. The molecule has 0 aliphatic carbocycles. The van der Waals surface area contributed by atoms with Gasteiger partial charge < -0.3 is 10.2 Å². The lowest BCUT2D eigenvalue weighted by molar-refractivity contribution is -0.133. The third kappa shape index (κ3) is 3.61. The van der Waals surface area contributed by atoms with Gasteiger partial charge in [-0.1, -0.05) is 13.0 Å². The van der Waals surface area contributed by atoms with E-state index in [9.17, 15) is 9.59 Å². The molecule has 0 radical (unpaired) electrons. The molecule has 0 saturated carbocycles. The van der Waals surface area contributed by atoms with Gasteiger partial charge in [-0.2, -0.15) is 0 Å². The Bertz CT molecular complexity index is 797. The molecule has 132 valence electrons. The fourth-order valence-electron chi connectivity index (χ4n) is 3.38. The number of hydrogen-bond acceptors (Lipinski definition) is 3. The zero-order valence-corrected chi connectivity index (χ0v) is 15.8. The second kappa shape index (κ2) is 7.40. The van der Waals surface area contributed by atoms with Crippen molar-refractivity contribution >= 4 is 23.2 Å². The number of thiophene rings is 1. The van der Waals surface area contributed by atoms with Gasteiger partial charge in [0.25, 0.3) is 5.91 Å². The van der Waals surface area contributed by atoms with Crippen LogP contribution in [0, 0.1) is 13.8 Å². The first-order valence-corrected chi connectivity index (χ1v) is 9.60. The molecule has 0 saturated heterocycles. The Labute approximate surface area is 152 Å². The van der Waals surface area contributed by atoms with E-state index in [-0.39, 0.29) is 24.4 Å². The Balaban J connectivity index is 1.64. The number of nitrogens with one attached hydrogen (secondary N) is 1. The van der Waals surface area contributed by atoms with Crippen molar-refractivity contribution in [2.45, 2.75) is 39.7 Å². The Morgan fingerprint density at radius 1 is 1.24 bits per heavy atom. The average molecular weight is 356 g/mol. The minimum Gasteiger partial charge on any atom is -0.343 e. The molecule has 5 heteroatoms. The second-order valence-electron chi connectivity index (χ2n) is 6.54. The first-order valence-electron chi connectivity index (χ1n) is 8.72. The van der Waals surface area contributed by atoms with Crippen molar-refractivity contribution in [2.75, 3.05) is 13.1 Å². The molecule has 0 spiro atoms. The van der Waals surface area contributed by atoms with Gasteiger partial charge in [0, 0.05) is 17.0 Å². The van der Waals surface area contributed by atoms with Crippen LogP contribution in [0.2, 0.25) is 0 Å². The summed E-state index contributed by atoms with van der Waals surface area (Å²) in [4.78, 5) is 28.3. The molecule has 1 aromatic heterocycles. The molecule has 2 heterocycles. The number of nitrogens with zero attached hydrogens (tertiary/aromatic N) is 1. The summed E-state index contributed by atoms with van der Waals surface area (Å²) < 4.78 is 0. The van der Waals surface area contributed by atoms with Crippen LogP contribution in [0.1, 0.15) is 51.3 Å². The Morgan fingerprint density at radius 2 is 2.04 bits per heavy atom. The van der Waals surface area contributed by atoms with E-state index >= 15 is 0 Å². The molecule has 1 aromatic carbocycles. The topological polar surface area (TPSA) is 49.4 Å². The number of fused-ring (bicyclic) bond motifs is 1. The van der Waals surface area contributed by atoms with E-state index < -0.39 is 0 Å². The van der Waals surface area contributed by atoms with Gasteiger partial charge in [0.15, 0.2) is 0 Å². The monoisotopic (exact) mass is 356 g/mol. The zero-order chi connectivity index (χ0) is 18.0. The molecular formula is C20H24N2O2S. The van der Waals surface area contributed by atoms with Crippen LogP contribution in [-0.4, -0.2) is 29.8 Å². The van der Waals surface area contributed by atoms with Crippen molar-refractivity contribution in [1.82, 2.24) is 10.2 Å². The van der Waals surface area contributed by atoms with E-state index in [4.69, 9.17) is 0 Å². The van der Waals surface area contributed by atoms with Crippen molar-refractivity contribution in [3.63, 3.8) is 0 Å². The van der Waals surface area contributed by atoms with E-state index in [1.165, 1.54) is 10.4 Å². The molecule has 0 fully saturated rings. The molecule has 3 rings (SSSR count). The number of carbonyl (C=O) groups is 2. The Kier molecular flexibility index (Phi) is 5.23. The molecular weight excluding hydrogens is 332 g/mol. The van der Waals surface area contributed by atoms with E-state index in [0.29, 0.717) is 5.56 Å². The molecule has 1 aliphatic heterocycles. The van der Waals surface area contributed by atoms with Gasteiger partial charge in [0.2, 0.25) is 5.91 Å². The van der Waals surface area contributed by atoms with Crippen LogP contribution >= 0.6 is 11.3 Å². The minimum atomic E-state index is -0.197. The normalized spacial score (nSPS) is 16.4. The second-order valence-corrected chi connectivity index (χ2v) is 7.54. The first kappa shape index (κ1) is 17.7. The number of aryl methyl sites for hydroxylation is 2. The standard InChI is InChI=1S/C20H24N2O2S/c1-4-17-16-8-10-25-18(16)7-9-22(17)19(23)12-21-20(24)15-6-5-13(2)14(3)11-15/h5-6,8,10-11,17H,4,7,9,12H2,1-3H3,(H,21,24)/t17-/m1/s1. The maximum absolute atomic E-state index is 12.7. The lowest BCUT2D eigenvalue weighted by Gasteiger charge is -2.35. The van der Waals surface area contributed by atoms with Crippen LogP contribution in [0.5, 0.6) is 0 Å². The van der Waals surface area contributed by atoms with Crippen molar-refractivity contribution in [3.05, 3.63) is 56.8 Å². The fourth-order valence-corrected chi connectivity index (χ4v) is 4.31. The predicted octanol–water partition coefficient (Wildman–Crippen LogP) is 3.63. The molecule has 4 nitrogen and oxygen atoms in total.